The molecule has 1 aliphatic carbocycles. The lowest BCUT2D eigenvalue weighted by atomic mass is 9.67. The van der Waals surface area contributed by atoms with E-state index < -0.39 is 10.0 Å². The first-order valence-electron chi connectivity index (χ1n) is 9.44. The second-order valence-electron chi connectivity index (χ2n) is 7.75. The molecule has 1 saturated heterocycles. The van der Waals surface area contributed by atoms with Crippen LogP contribution in [-0.2, 0) is 17.1 Å². The Bertz CT molecular complexity index is 919. The van der Waals surface area contributed by atoms with Gasteiger partial charge in [-0.3, -0.25) is 0 Å². The molecule has 4 rings (SSSR count). The minimum absolute atomic E-state index is 0.0506. The third-order valence-corrected chi connectivity index (χ3v) is 8.01. The molecule has 0 N–H and O–H groups in total. The molecule has 1 spiro atoms. The van der Waals surface area contributed by atoms with E-state index in [-0.39, 0.29) is 16.2 Å². The number of ether oxygens (including phenoxy) is 1. The zero-order valence-electron chi connectivity index (χ0n) is 15.8. The lowest BCUT2D eigenvalue weighted by Crippen LogP contribution is -2.34. The highest BCUT2D eigenvalue weighted by Crippen LogP contribution is 2.52. The molecule has 1 aliphatic heterocycles. The summed E-state index contributed by atoms with van der Waals surface area (Å²) in [4.78, 5) is 0.284. The summed E-state index contributed by atoms with van der Waals surface area (Å²) in [6.45, 7) is 0.996. The van der Waals surface area contributed by atoms with Crippen molar-refractivity contribution in [3.8, 4) is 5.75 Å². The van der Waals surface area contributed by atoms with E-state index in [9.17, 15) is 8.42 Å². The SMILES string of the molecule is COc1cccc(S(=O)(=O)N2CC(c3nncn3C)C3(CCCCC3)C2)c1. The van der Waals surface area contributed by atoms with Crippen LogP contribution in [0, 0.1) is 5.41 Å². The van der Waals surface area contributed by atoms with E-state index in [0.717, 1.165) is 31.5 Å². The van der Waals surface area contributed by atoms with E-state index >= 15 is 0 Å². The van der Waals surface area contributed by atoms with Crippen LogP contribution in [0.15, 0.2) is 35.5 Å². The van der Waals surface area contributed by atoms with Gasteiger partial charge in [-0.05, 0) is 30.4 Å². The predicted octanol–water partition coefficient (Wildman–Crippen LogP) is 2.56. The molecular weight excluding hydrogens is 364 g/mol. The van der Waals surface area contributed by atoms with Gasteiger partial charge in [-0.1, -0.05) is 25.3 Å². The van der Waals surface area contributed by atoms with Gasteiger partial charge in [-0.15, -0.1) is 10.2 Å². The number of methoxy groups -OCH3 is 1. The van der Waals surface area contributed by atoms with E-state index in [0.29, 0.717) is 18.8 Å². The summed E-state index contributed by atoms with van der Waals surface area (Å²) in [5, 5.41) is 8.38. The maximum absolute atomic E-state index is 13.4. The van der Waals surface area contributed by atoms with Crippen LogP contribution in [0.25, 0.3) is 0 Å². The van der Waals surface area contributed by atoms with Crippen molar-refractivity contribution in [2.24, 2.45) is 12.5 Å². The van der Waals surface area contributed by atoms with Gasteiger partial charge in [-0.25, -0.2) is 8.42 Å². The molecule has 2 fully saturated rings. The number of aryl methyl sites for hydroxylation is 1. The van der Waals surface area contributed by atoms with Crippen molar-refractivity contribution in [1.82, 2.24) is 19.1 Å². The first kappa shape index (κ1) is 18.4. The summed E-state index contributed by atoms with van der Waals surface area (Å²) in [5.74, 6) is 1.51. The molecule has 1 unspecified atom stereocenters. The van der Waals surface area contributed by atoms with Crippen molar-refractivity contribution in [2.75, 3.05) is 20.2 Å². The summed E-state index contributed by atoms with van der Waals surface area (Å²) in [5.41, 5.74) is -0.0506. The molecule has 1 aromatic heterocycles. The Morgan fingerprint density at radius 3 is 2.67 bits per heavy atom. The molecule has 7 nitrogen and oxygen atoms in total. The Balaban J connectivity index is 1.71. The highest BCUT2D eigenvalue weighted by molar-refractivity contribution is 7.89. The summed E-state index contributed by atoms with van der Waals surface area (Å²) < 4.78 is 35.5. The van der Waals surface area contributed by atoms with E-state index in [2.05, 4.69) is 10.2 Å². The zero-order chi connectivity index (χ0) is 19.1. The highest BCUT2D eigenvalue weighted by atomic mass is 32.2. The first-order chi connectivity index (χ1) is 13.0. The number of rotatable bonds is 4. The number of hydrogen-bond donors (Lipinski definition) is 0. The summed E-state index contributed by atoms with van der Waals surface area (Å²) in [6.07, 6.45) is 7.27. The van der Waals surface area contributed by atoms with Crippen molar-refractivity contribution in [3.05, 3.63) is 36.4 Å². The van der Waals surface area contributed by atoms with E-state index in [1.807, 2.05) is 11.6 Å². The van der Waals surface area contributed by atoms with Crippen molar-refractivity contribution < 1.29 is 13.2 Å². The van der Waals surface area contributed by atoms with Crippen LogP contribution >= 0.6 is 0 Å². The van der Waals surface area contributed by atoms with Gasteiger partial charge in [0.1, 0.15) is 17.9 Å². The average molecular weight is 391 g/mol. The Kier molecular flexibility index (Phi) is 4.71. The number of hydrogen-bond acceptors (Lipinski definition) is 5. The quantitative estimate of drug-likeness (QED) is 0.802. The van der Waals surface area contributed by atoms with E-state index in [1.165, 1.54) is 6.42 Å². The molecule has 0 bridgehead atoms. The van der Waals surface area contributed by atoms with Gasteiger partial charge in [0.15, 0.2) is 0 Å². The topological polar surface area (TPSA) is 77.3 Å². The van der Waals surface area contributed by atoms with Crippen molar-refractivity contribution in [3.63, 3.8) is 0 Å². The molecule has 0 radical (unpaired) electrons. The van der Waals surface area contributed by atoms with Crippen LogP contribution in [0.2, 0.25) is 0 Å². The Hall–Kier alpha value is -1.93. The van der Waals surface area contributed by atoms with Crippen molar-refractivity contribution in [1.29, 1.82) is 0 Å². The molecule has 8 heteroatoms. The van der Waals surface area contributed by atoms with Gasteiger partial charge in [0.05, 0.1) is 12.0 Å². The lowest BCUT2D eigenvalue weighted by molar-refractivity contribution is 0.177. The van der Waals surface area contributed by atoms with Crippen molar-refractivity contribution in [2.45, 2.75) is 42.9 Å². The lowest BCUT2D eigenvalue weighted by Gasteiger charge is -2.37. The average Bonchev–Trinajstić information content (AvgIpc) is 3.26. The molecule has 1 aromatic carbocycles. The van der Waals surface area contributed by atoms with Crippen LogP contribution in [-0.4, -0.2) is 47.7 Å². The minimum atomic E-state index is -3.59. The normalized spacial score (nSPS) is 23.0. The fourth-order valence-electron chi connectivity index (χ4n) is 4.74. The Morgan fingerprint density at radius 2 is 2.00 bits per heavy atom. The molecular formula is C19H26N4O3S. The summed E-state index contributed by atoms with van der Waals surface area (Å²) in [6, 6.07) is 6.71. The summed E-state index contributed by atoms with van der Waals surface area (Å²) >= 11 is 0. The van der Waals surface area contributed by atoms with E-state index in [4.69, 9.17) is 4.74 Å². The molecule has 1 atom stereocenters. The van der Waals surface area contributed by atoms with E-state index in [1.54, 1.807) is 42.0 Å². The fraction of sp³-hybridized carbons (Fsp3) is 0.579. The number of sulfonamides is 1. The van der Waals surface area contributed by atoms with Crippen LogP contribution in [0.4, 0.5) is 0 Å². The minimum Gasteiger partial charge on any atom is -0.497 e. The standard InChI is InChI=1S/C19H26N4O3S/c1-22-14-20-21-18(22)17-12-23(13-19(17)9-4-3-5-10-19)27(24,25)16-8-6-7-15(11-16)26-2/h6-8,11,14,17H,3-5,9-10,12-13H2,1-2H3. The summed E-state index contributed by atoms with van der Waals surface area (Å²) in [7, 11) is -0.108. The van der Waals surface area contributed by atoms with Gasteiger partial charge in [0.2, 0.25) is 10.0 Å². The number of benzene rings is 1. The maximum Gasteiger partial charge on any atom is 0.243 e. The van der Waals surface area contributed by atoms with Crippen LogP contribution < -0.4 is 4.74 Å². The first-order valence-corrected chi connectivity index (χ1v) is 10.9. The monoisotopic (exact) mass is 390 g/mol. The van der Waals surface area contributed by atoms with Gasteiger partial charge in [-0.2, -0.15) is 4.31 Å². The fourth-order valence-corrected chi connectivity index (χ4v) is 6.33. The van der Waals surface area contributed by atoms with Gasteiger partial charge < -0.3 is 9.30 Å². The second kappa shape index (κ2) is 6.91. The number of nitrogens with zero attached hydrogens (tertiary/aromatic N) is 4. The third kappa shape index (κ3) is 3.14. The predicted molar refractivity (Wildman–Crippen MR) is 101 cm³/mol. The molecule has 146 valence electrons. The molecule has 27 heavy (non-hydrogen) atoms. The van der Waals surface area contributed by atoms with Crippen LogP contribution in [0.1, 0.15) is 43.8 Å². The van der Waals surface area contributed by atoms with Crippen LogP contribution in [0.3, 0.4) is 0 Å². The second-order valence-corrected chi connectivity index (χ2v) is 9.69. The smallest absolute Gasteiger partial charge is 0.243 e. The molecule has 2 heterocycles. The largest absolute Gasteiger partial charge is 0.497 e. The Morgan fingerprint density at radius 1 is 1.22 bits per heavy atom. The van der Waals surface area contributed by atoms with Crippen molar-refractivity contribution >= 4 is 10.0 Å². The maximum atomic E-state index is 13.4. The molecule has 2 aromatic rings. The third-order valence-electron chi connectivity index (χ3n) is 6.20. The van der Waals surface area contributed by atoms with Crippen LogP contribution in [0.5, 0.6) is 5.75 Å². The van der Waals surface area contributed by atoms with Gasteiger partial charge in [0, 0.05) is 32.1 Å². The Labute approximate surface area is 160 Å². The number of aromatic nitrogens is 3. The van der Waals surface area contributed by atoms with Gasteiger partial charge in [0.25, 0.3) is 0 Å². The van der Waals surface area contributed by atoms with Gasteiger partial charge >= 0.3 is 0 Å². The molecule has 1 saturated carbocycles. The molecule has 0 amide bonds. The molecule has 2 aliphatic rings. The zero-order valence-corrected chi connectivity index (χ0v) is 16.7. The highest BCUT2D eigenvalue weighted by Gasteiger charge is 2.52.